The molecule has 1 amide bonds. The number of carbonyl (C=O) groups is 2. The number of nitrogens with zero attached hydrogens (tertiary/aromatic N) is 1. The van der Waals surface area contributed by atoms with E-state index in [2.05, 4.69) is 0 Å². The minimum atomic E-state index is -0.817. The van der Waals surface area contributed by atoms with Crippen molar-refractivity contribution in [2.75, 3.05) is 18.3 Å². The Balaban J connectivity index is 1.69. The van der Waals surface area contributed by atoms with E-state index in [4.69, 9.17) is 14.2 Å². The summed E-state index contributed by atoms with van der Waals surface area (Å²) in [6, 6.07) is 18.6. The zero-order valence-electron chi connectivity index (χ0n) is 18.8. The number of fused-ring (bicyclic) bond motifs is 1. The monoisotopic (exact) mass is 457 g/mol. The normalized spacial score (nSPS) is 18.4. The molecule has 1 fully saturated rings. The van der Waals surface area contributed by atoms with Crippen molar-refractivity contribution in [3.8, 4) is 17.2 Å². The predicted molar refractivity (Wildman–Crippen MR) is 126 cm³/mol. The van der Waals surface area contributed by atoms with Crippen molar-refractivity contribution in [3.05, 3.63) is 89.0 Å². The summed E-state index contributed by atoms with van der Waals surface area (Å²) in [4.78, 5) is 28.1. The van der Waals surface area contributed by atoms with Crippen molar-refractivity contribution in [3.63, 3.8) is 0 Å². The first-order valence-electron chi connectivity index (χ1n) is 11.0. The number of Topliss-reactive ketones (excluding diaryl/α,β-unsaturated/α-hetero) is 1. The Morgan fingerprint density at radius 3 is 2.50 bits per heavy atom. The van der Waals surface area contributed by atoms with Gasteiger partial charge in [0, 0.05) is 11.3 Å². The summed E-state index contributed by atoms with van der Waals surface area (Å²) in [5, 5.41) is 11.3. The number of benzene rings is 3. The van der Waals surface area contributed by atoms with E-state index in [1.165, 1.54) is 4.90 Å². The summed E-state index contributed by atoms with van der Waals surface area (Å²) < 4.78 is 16.3. The van der Waals surface area contributed by atoms with Gasteiger partial charge in [-0.15, -0.1) is 0 Å². The minimum absolute atomic E-state index is 0.0104. The Bertz CT molecular complexity index is 1310. The molecule has 2 aliphatic heterocycles. The van der Waals surface area contributed by atoms with Crippen LogP contribution in [0, 0.1) is 6.92 Å². The van der Waals surface area contributed by atoms with Gasteiger partial charge < -0.3 is 19.3 Å². The highest BCUT2D eigenvalue weighted by Gasteiger charge is 2.47. The van der Waals surface area contributed by atoms with Crippen LogP contribution >= 0.6 is 0 Å². The van der Waals surface area contributed by atoms with Crippen molar-refractivity contribution >= 4 is 23.1 Å². The third-order valence-corrected chi connectivity index (χ3v) is 5.97. The van der Waals surface area contributed by atoms with E-state index >= 15 is 0 Å². The van der Waals surface area contributed by atoms with Crippen LogP contribution in [0.2, 0.25) is 0 Å². The van der Waals surface area contributed by atoms with Crippen molar-refractivity contribution in [1.29, 1.82) is 0 Å². The van der Waals surface area contributed by atoms with Gasteiger partial charge in [-0.1, -0.05) is 30.3 Å². The lowest BCUT2D eigenvalue weighted by Gasteiger charge is -2.27. The summed E-state index contributed by atoms with van der Waals surface area (Å²) in [5.74, 6) is -0.0240. The molecular weight excluding hydrogens is 434 g/mol. The largest absolute Gasteiger partial charge is 0.507 e. The average Bonchev–Trinajstić information content (AvgIpc) is 3.42. The van der Waals surface area contributed by atoms with Crippen LogP contribution < -0.4 is 19.1 Å². The summed E-state index contributed by atoms with van der Waals surface area (Å²) in [6.07, 6.45) is 0. The van der Waals surface area contributed by atoms with Crippen molar-refractivity contribution in [2.45, 2.75) is 19.9 Å². The number of aliphatic hydroxyl groups excluding tert-OH is 1. The first-order valence-corrected chi connectivity index (χ1v) is 11.0. The van der Waals surface area contributed by atoms with E-state index in [1.54, 1.807) is 48.5 Å². The maximum absolute atomic E-state index is 13.3. The van der Waals surface area contributed by atoms with Crippen LogP contribution in [0.15, 0.2) is 72.3 Å². The fourth-order valence-electron chi connectivity index (χ4n) is 4.34. The Labute approximate surface area is 196 Å². The lowest BCUT2D eigenvalue weighted by molar-refractivity contribution is -0.132. The number of ether oxygens (including phenoxy) is 3. The van der Waals surface area contributed by atoms with E-state index in [-0.39, 0.29) is 18.1 Å². The molecule has 0 spiro atoms. The summed E-state index contributed by atoms with van der Waals surface area (Å²) in [6.45, 7) is 4.38. The fourth-order valence-corrected chi connectivity index (χ4v) is 4.34. The molecule has 34 heavy (non-hydrogen) atoms. The molecule has 7 nitrogen and oxygen atoms in total. The van der Waals surface area contributed by atoms with Crippen LogP contribution in [0.25, 0.3) is 5.76 Å². The number of aryl methyl sites for hydroxylation is 1. The second-order valence-electron chi connectivity index (χ2n) is 8.03. The Kier molecular flexibility index (Phi) is 5.45. The molecule has 2 heterocycles. The van der Waals surface area contributed by atoms with Crippen molar-refractivity contribution in [2.24, 2.45) is 0 Å². The van der Waals surface area contributed by atoms with Gasteiger partial charge in [0.05, 0.1) is 18.2 Å². The number of para-hydroxylation sites is 1. The molecule has 172 valence electrons. The van der Waals surface area contributed by atoms with Gasteiger partial charge in [-0.2, -0.15) is 0 Å². The van der Waals surface area contributed by atoms with Crippen LogP contribution in [-0.4, -0.2) is 30.2 Å². The maximum Gasteiger partial charge on any atom is 0.300 e. The highest BCUT2D eigenvalue weighted by atomic mass is 16.7. The van der Waals surface area contributed by atoms with Crippen LogP contribution in [0.1, 0.15) is 29.7 Å². The van der Waals surface area contributed by atoms with Gasteiger partial charge >= 0.3 is 0 Å². The third kappa shape index (κ3) is 3.55. The molecule has 3 aromatic carbocycles. The molecule has 0 saturated carbocycles. The number of rotatable bonds is 5. The predicted octanol–water partition coefficient (Wildman–Crippen LogP) is 4.75. The first-order chi connectivity index (χ1) is 16.5. The lowest BCUT2D eigenvalue weighted by Crippen LogP contribution is -2.30. The molecule has 0 aromatic heterocycles. The molecule has 1 atom stereocenters. The highest BCUT2D eigenvalue weighted by molar-refractivity contribution is 6.51. The second-order valence-corrected chi connectivity index (χ2v) is 8.03. The van der Waals surface area contributed by atoms with E-state index in [0.29, 0.717) is 40.7 Å². The number of amides is 1. The summed E-state index contributed by atoms with van der Waals surface area (Å²) >= 11 is 0. The minimum Gasteiger partial charge on any atom is -0.507 e. The number of anilines is 1. The van der Waals surface area contributed by atoms with Gasteiger partial charge in [-0.25, -0.2) is 0 Å². The number of hydrogen-bond donors (Lipinski definition) is 1. The molecular formula is C27H23NO6. The molecule has 0 aliphatic carbocycles. The topological polar surface area (TPSA) is 85.3 Å². The van der Waals surface area contributed by atoms with Gasteiger partial charge in [0.15, 0.2) is 11.5 Å². The Morgan fingerprint density at radius 2 is 1.76 bits per heavy atom. The molecule has 7 heteroatoms. The highest BCUT2D eigenvalue weighted by Crippen LogP contribution is 2.44. The molecule has 0 radical (unpaired) electrons. The van der Waals surface area contributed by atoms with E-state index < -0.39 is 17.7 Å². The van der Waals surface area contributed by atoms with Gasteiger partial charge in [-0.05, 0) is 61.4 Å². The molecule has 1 unspecified atom stereocenters. The smallest absolute Gasteiger partial charge is 0.300 e. The van der Waals surface area contributed by atoms with Crippen LogP contribution in [0.3, 0.4) is 0 Å². The third-order valence-electron chi connectivity index (χ3n) is 5.97. The first kappa shape index (κ1) is 21.6. The zero-order valence-corrected chi connectivity index (χ0v) is 18.8. The van der Waals surface area contributed by atoms with Crippen molar-refractivity contribution < 1.29 is 28.9 Å². The van der Waals surface area contributed by atoms with E-state index in [1.807, 2.05) is 32.0 Å². The summed E-state index contributed by atoms with van der Waals surface area (Å²) in [5.41, 5.74) is 2.49. The van der Waals surface area contributed by atoms with E-state index in [0.717, 1.165) is 5.56 Å². The fraction of sp³-hybridized carbons (Fsp3) is 0.185. The van der Waals surface area contributed by atoms with Gasteiger partial charge in [0.1, 0.15) is 11.5 Å². The van der Waals surface area contributed by atoms with E-state index in [9.17, 15) is 14.7 Å². The maximum atomic E-state index is 13.3. The lowest BCUT2D eigenvalue weighted by atomic mass is 9.94. The number of ketones is 1. The molecule has 1 saturated heterocycles. The van der Waals surface area contributed by atoms with Crippen LogP contribution in [0.4, 0.5) is 5.69 Å². The quantitative estimate of drug-likeness (QED) is 0.338. The van der Waals surface area contributed by atoms with Crippen molar-refractivity contribution in [1.82, 2.24) is 0 Å². The summed E-state index contributed by atoms with van der Waals surface area (Å²) in [7, 11) is 0. The molecule has 5 rings (SSSR count). The second kappa shape index (κ2) is 8.59. The zero-order chi connectivity index (χ0) is 23.8. The molecule has 0 bridgehead atoms. The van der Waals surface area contributed by atoms with Crippen LogP contribution in [-0.2, 0) is 9.59 Å². The van der Waals surface area contributed by atoms with Gasteiger partial charge in [0.25, 0.3) is 11.7 Å². The van der Waals surface area contributed by atoms with Gasteiger partial charge in [0.2, 0.25) is 6.79 Å². The van der Waals surface area contributed by atoms with Gasteiger partial charge in [-0.3, -0.25) is 14.5 Å². The standard InChI is InChI=1S/C27H23NO6/c1-3-32-19-11-8-17(9-12-19)24-23(25(29)18-10-13-21-22(14-18)34-15-33-21)26(30)27(31)28(24)20-7-5-4-6-16(20)2/h4-14,24,29H,3,15H2,1-2H3/b25-23-. The number of carbonyl (C=O) groups excluding carboxylic acids is 2. The number of hydrogen-bond acceptors (Lipinski definition) is 6. The average molecular weight is 457 g/mol. The number of aliphatic hydroxyl groups is 1. The Hall–Kier alpha value is -4.26. The molecule has 2 aliphatic rings. The molecule has 1 N–H and O–H groups in total. The molecule has 3 aromatic rings. The SMILES string of the molecule is CCOc1ccc(C2/C(=C(/O)c3ccc4c(c3)OCO4)C(=O)C(=O)N2c2ccccc2C)cc1. The Morgan fingerprint density at radius 1 is 1.03 bits per heavy atom. The van der Waals surface area contributed by atoms with Crippen LogP contribution in [0.5, 0.6) is 17.2 Å².